The average Bonchev–Trinajstić information content (AvgIpc) is 2.55. The van der Waals surface area contributed by atoms with Gasteiger partial charge in [-0.3, -0.25) is 4.79 Å². The predicted octanol–water partition coefficient (Wildman–Crippen LogP) is 3.36. The smallest absolute Gasteiger partial charge is 0.407 e. The molecule has 108 valence electrons. The van der Waals surface area contributed by atoms with Crippen LogP contribution in [-0.2, 0) is 4.74 Å². The van der Waals surface area contributed by atoms with Crippen molar-refractivity contribution in [2.75, 3.05) is 7.11 Å². The van der Waals surface area contributed by atoms with Crippen LogP contribution in [0.3, 0.4) is 0 Å². The van der Waals surface area contributed by atoms with Gasteiger partial charge in [0.1, 0.15) is 0 Å². The molecule has 2 aromatic carbocycles. The highest BCUT2D eigenvalue weighted by molar-refractivity contribution is 5.96. The summed E-state index contributed by atoms with van der Waals surface area (Å²) >= 11 is 0. The van der Waals surface area contributed by atoms with E-state index in [9.17, 15) is 9.59 Å². The highest BCUT2D eigenvalue weighted by Gasteiger charge is 2.19. The number of methoxy groups -OCH3 is 1. The van der Waals surface area contributed by atoms with Gasteiger partial charge in [0.05, 0.1) is 13.2 Å². The molecule has 0 aliphatic heterocycles. The third-order valence-electron chi connectivity index (χ3n) is 3.16. The Morgan fingerprint density at radius 2 is 1.57 bits per heavy atom. The van der Waals surface area contributed by atoms with Gasteiger partial charge in [-0.2, -0.15) is 0 Å². The van der Waals surface area contributed by atoms with Gasteiger partial charge in [-0.15, -0.1) is 0 Å². The maximum atomic E-state index is 12.3. The van der Waals surface area contributed by atoms with E-state index in [2.05, 4.69) is 10.1 Å². The molecule has 0 radical (unpaired) electrons. The summed E-state index contributed by atoms with van der Waals surface area (Å²) in [6, 6.07) is 18.0. The zero-order valence-corrected chi connectivity index (χ0v) is 11.8. The number of rotatable bonds is 5. The van der Waals surface area contributed by atoms with E-state index in [4.69, 9.17) is 0 Å². The van der Waals surface area contributed by atoms with Gasteiger partial charge in [0, 0.05) is 12.0 Å². The Bertz CT molecular complexity index is 596. The molecule has 0 aromatic heterocycles. The molecule has 0 bridgehead atoms. The summed E-state index contributed by atoms with van der Waals surface area (Å²) in [6.07, 6.45) is -0.368. The number of ketones is 1. The number of amides is 1. The molecule has 0 saturated carbocycles. The molecule has 2 aromatic rings. The minimum atomic E-state index is -0.551. The first kappa shape index (κ1) is 14.8. The van der Waals surface area contributed by atoms with Gasteiger partial charge in [0.2, 0.25) is 0 Å². The molecular weight excluding hydrogens is 266 g/mol. The van der Waals surface area contributed by atoms with Crippen LogP contribution in [0, 0.1) is 0 Å². The summed E-state index contributed by atoms with van der Waals surface area (Å²) in [4.78, 5) is 23.8. The van der Waals surface area contributed by atoms with Crippen LogP contribution in [0.2, 0.25) is 0 Å². The molecule has 21 heavy (non-hydrogen) atoms. The lowest BCUT2D eigenvalue weighted by atomic mass is 9.98. The Morgan fingerprint density at radius 3 is 2.14 bits per heavy atom. The van der Waals surface area contributed by atoms with Crippen molar-refractivity contribution in [3.05, 3.63) is 71.8 Å². The van der Waals surface area contributed by atoms with Crippen molar-refractivity contribution in [1.82, 2.24) is 5.32 Å². The van der Waals surface area contributed by atoms with Gasteiger partial charge in [-0.25, -0.2) is 4.79 Å². The Balaban J connectivity index is 2.16. The summed E-state index contributed by atoms with van der Waals surface area (Å²) in [5, 5.41) is 2.70. The Labute approximate surface area is 123 Å². The van der Waals surface area contributed by atoms with Gasteiger partial charge in [0.25, 0.3) is 0 Å². The minimum absolute atomic E-state index is 0.0270. The van der Waals surface area contributed by atoms with Crippen molar-refractivity contribution in [1.29, 1.82) is 0 Å². The Hall–Kier alpha value is -2.62. The molecule has 1 N–H and O–H groups in total. The third kappa shape index (κ3) is 4.18. The second-order valence-corrected chi connectivity index (χ2v) is 4.59. The van der Waals surface area contributed by atoms with Crippen LogP contribution < -0.4 is 5.32 Å². The van der Waals surface area contributed by atoms with Gasteiger partial charge >= 0.3 is 6.09 Å². The van der Waals surface area contributed by atoms with Crippen molar-refractivity contribution >= 4 is 11.9 Å². The molecular formula is C17H17NO3. The van der Waals surface area contributed by atoms with Crippen LogP contribution in [-0.4, -0.2) is 19.0 Å². The number of nitrogens with one attached hydrogen (secondary N) is 1. The van der Waals surface area contributed by atoms with Gasteiger partial charge < -0.3 is 10.1 Å². The van der Waals surface area contributed by atoms with E-state index in [-0.39, 0.29) is 12.2 Å². The Morgan fingerprint density at radius 1 is 1.00 bits per heavy atom. The summed E-state index contributed by atoms with van der Waals surface area (Å²) in [6.45, 7) is 0. The normalized spacial score (nSPS) is 11.5. The third-order valence-corrected chi connectivity index (χ3v) is 3.16. The molecule has 0 aliphatic carbocycles. The number of Topliss-reactive ketones (excluding diaryl/α,β-unsaturated/α-hetero) is 1. The molecule has 1 amide bonds. The molecule has 1 atom stereocenters. The number of carbonyl (C=O) groups excluding carboxylic acids is 2. The van der Waals surface area contributed by atoms with E-state index >= 15 is 0 Å². The second-order valence-electron chi connectivity index (χ2n) is 4.59. The van der Waals surface area contributed by atoms with Crippen LogP contribution in [0.15, 0.2) is 60.7 Å². The maximum Gasteiger partial charge on any atom is 0.407 e. The van der Waals surface area contributed by atoms with E-state index in [0.717, 1.165) is 5.56 Å². The number of ether oxygens (including phenoxy) is 1. The van der Waals surface area contributed by atoms with Crippen LogP contribution in [0.25, 0.3) is 0 Å². The fraction of sp³-hybridized carbons (Fsp3) is 0.176. The number of hydrogen-bond acceptors (Lipinski definition) is 3. The van der Waals surface area contributed by atoms with E-state index in [1.54, 1.807) is 12.1 Å². The summed E-state index contributed by atoms with van der Waals surface area (Å²) in [7, 11) is 1.30. The lowest BCUT2D eigenvalue weighted by Gasteiger charge is -2.17. The Kier molecular flexibility index (Phi) is 5.10. The lowest BCUT2D eigenvalue weighted by Crippen LogP contribution is -2.30. The maximum absolute atomic E-state index is 12.3. The largest absolute Gasteiger partial charge is 0.453 e. The van der Waals surface area contributed by atoms with Crippen LogP contribution >= 0.6 is 0 Å². The zero-order chi connectivity index (χ0) is 15.1. The molecule has 0 heterocycles. The topological polar surface area (TPSA) is 55.4 Å². The summed E-state index contributed by atoms with van der Waals surface area (Å²) < 4.78 is 4.63. The standard InChI is InChI=1S/C17H17NO3/c1-21-17(20)18-15(13-8-4-2-5-9-13)12-16(19)14-10-6-3-7-11-14/h2-11,15H,12H2,1H3,(H,18,20). The van der Waals surface area contributed by atoms with Crippen molar-refractivity contribution < 1.29 is 14.3 Å². The second kappa shape index (κ2) is 7.24. The average molecular weight is 283 g/mol. The van der Waals surface area contributed by atoms with E-state index < -0.39 is 12.1 Å². The molecule has 4 nitrogen and oxygen atoms in total. The zero-order valence-electron chi connectivity index (χ0n) is 11.8. The van der Waals surface area contributed by atoms with Crippen LogP contribution in [0.1, 0.15) is 28.4 Å². The fourth-order valence-electron chi connectivity index (χ4n) is 2.07. The highest BCUT2D eigenvalue weighted by Crippen LogP contribution is 2.19. The summed E-state index contributed by atoms with van der Waals surface area (Å²) in [5.74, 6) is -0.0270. The monoisotopic (exact) mass is 283 g/mol. The number of hydrogen-bond donors (Lipinski definition) is 1. The van der Waals surface area contributed by atoms with E-state index in [1.165, 1.54) is 7.11 Å². The number of benzene rings is 2. The van der Waals surface area contributed by atoms with Crippen molar-refractivity contribution in [2.45, 2.75) is 12.5 Å². The van der Waals surface area contributed by atoms with Crippen molar-refractivity contribution in [2.24, 2.45) is 0 Å². The van der Waals surface area contributed by atoms with E-state index in [0.29, 0.717) is 5.56 Å². The molecule has 0 aliphatic rings. The molecule has 0 fully saturated rings. The quantitative estimate of drug-likeness (QED) is 0.856. The van der Waals surface area contributed by atoms with E-state index in [1.807, 2.05) is 48.5 Å². The SMILES string of the molecule is COC(=O)NC(CC(=O)c1ccccc1)c1ccccc1. The number of carbonyl (C=O) groups is 2. The first-order valence-corrected chi connectivity index (χ1v) is 6.68. The molecule has 0 saturated heterocycles. The molecule has 1 unspecified atom stereocenters. The lowest BCUT2D eigenvalue weighted by molar-refractivity contribution is 0.0967. The van der Waals surface area contributed by atoms with Crippen LogP contribution in [0.5, 0.6) is 0 Å². The van der Waals surface area contributed by atoms with Gasteiger partial charge in [0.15, 0.2) is 5.78 Å². The first-order chi connectivity index (χ1) is 10.2. The molecule has 2 rings (SSSR count). The molecule has 4 heteroatoms. The summed E-state index contributed by atoms with van der Waals surface area (Å²) in [5.41, 5.74) is 1.50. The van der Waals surface area contributed by atoms with Crippen molar-refractivity contribution in [3.8, 4) is 0 Å². The first-order valence-electron chi connectivity index (χ1n) is 6.68. The number of alkyl carbamates (subject to hydrolysis) is 1. The van der Waals surface area contributed by atoms with Gasteiger partial charge in [-0.1, -0.05) is 60.7 Å². The highest BCUT2D eigenvalue weighted by atomic mass is 16.5. The van der Waals surface area contributed by atoms with Gasteiger partial charge in [-0.05, 0) is 5.56 Å². The molecule has 0 spiro atoms. The van der Waals surface area contributed by atoms with Crippen molar-refractivity contribution in [3.63, 3.8) is 0 Å². The van der Waals surface area contributed by atoms with Crippen LogP contribution in [0.4, 0.5) is 4.79 Å². The predicted molar refractivity (Wildman–Crippen MR) is 80.1 cm³/mol. The minimum Gasteiger partial charge on any atom is -0.453 e. The fourth-order valence-corrected chi connectivity index (χ4v) is 2.07.